The minimum atomic E-state index is -0.530. The predicted molar refractivity (Wildman–Crippen MR) is 65.3 cm³/mol. The van der Waals surface area contributed by atoms with Crippen LogP contribution in [0.5, 0.6) is 0 Å². The van der Waals surface area contributed by atoms with Gasteiger partial charge in [-0.2, -0.15) is 0 Å². The van der Waals surface area contributed by atoms with Crippen LogP contribution in [0.2, 0.25) is 0 Å². The molecule has 1 aliphatic heterocycles. The van der Waals surface area contributed by atoms with Gasteiger partial charge < -0.3 is 4.74 Å². The van der Waals surface area contributed by atoms with E-state index >= 15 is 0 Å². The Hall–Kier alpha value is -1.64. The van der Waals surface area contributed by atoms with Crippen molar-refractivity contribution >= 4 is 11.7 Å². The molecule has 3 nitrogen and oxygen atoms in total. The molecule has 2 atom stereocenters. The van der Waals surface area contributed by atoms with Crippen LogP contribution in [0, 0.1) is 0 Å². The summed E-state index contributed by atoms with van der Waals surface area (Å²) in [7, 11) is 0. The summed E-state index contributed by atoms with van der Waals surface area (Å²) in [5.41, 5.74) is 2.85. The number of hydrogen-bond acceptors (Lipinski definition) is 3. The van der Waals surface area contributed by atoms with Crippen molar-refractivity contribution in [1.82, 2.24) is 0 Å². The van der Waals surface area contributed by atoms with Gasteiger partial charge in [-0.3, -0.25) is 4.99 Å². The van der Waals surface area contributed by atoms with E-state index in [0.717, 1.165) is 24.1 Å². The molecule has 1 aromatic carbocycles. The molecule has 0 bridgehead atoms. The van der Waals surface area contributed by atoms with E-state index in [0.29, 0.717) is 0 Å². The molecule has 0 N–H and O–H groups in total. The van der Waals surface area contributed by atoms with Crippen LogP contribution in [0.25, 0.3) is 0 Å². The van der Waals surface area contributed by atoms with E-state index in [1.807, 2.05) is 19.1 Å². The SMILES string of the molecule is C[C@H]1N=C2c3ccccc3CC[C@]2(C)OC1=O. The molecule has 3 heteroatoms. The van der Waals surface area contributed by atoms with Gasteiger partial charge in [0.25, 0.3) is 0 Å². The number of carbonyl (C=O) groups excluding carboxylic acids is 1. The lowest BCUT2D eigenvalue weighted by molar-refractivity contribution is -0.155. The van der Waals surface area contributed by atoms with Gasteiger partial charge in [0, 0.05) is 5.56 Å². The molecule has 88 valence electrons. The highest BCUT2D eigenvalue weighted by Gasteiger charge is 2.43. The number of carbonyl (C=O) groups is 1. The third-order valence-corrected chi connectivity index (χ3v) is 3.63. The second-order valence-electron chi connectivity index (χ2n) is 4.96. The summed E-state index contributed by atoms with van der Waals surface area (Å²) in [6.45, 7) is 3.75. The summed E-state index contributed by atoms with van der Waals surface area (Å²) in [6.07, 6.45) is 1.76. The number of aryl methyl sites for hydroxylation is 1. The minimum absolute atomic E-state index is 0.212. The van der Waals surface area contributed by atoms with E-state index in [-0.39, 0.29) is 12.0 Å². The maximum atomic E-state index is 11.6. The van der Waals surface area contributed by atoms with Crippen LogP contribution in [-0.2, 0) is 16.0 Å². The zero-order valence-electron chi connectivity index (χ0n) is 10.1. The predicted octanol–water partition coefficient (Wildman–Crippen LogP) is 2.13. The van der Waals surface area contributed by atoms with Crippen molar-refractivity contribution in [2.45, 2.75) is 38.3 Å². The third kappa shape index (κ3) is 1.49. The van der Waals surface area contributed by atoms with Gasteiger partial charge >= 0.3 is 5.97 Å². The van der Waals surface area contributed by atoms with Crippen LogP contribution in [-0.4, -0.2) is 23.3 Å². The normalized spacial score (nSPS) is 31.1. The first kappa shape index (κ1) is 10.5. The zero-order chi connectivity index (χ0) is 12.0. The number of ether oxygens (including phenoxy) is 1. The molecule has 0 amide bonds. The molecule has 0 unspecified atom stereocenters. The highest BCUT2D eigenvalue weighted by Crippen LogP contribution is 2.35. The molecule has 3 rings (SSSR count). The second-order valence-corrected chi connectivity index (χ2v) is 4.96. The topological polar surface area (TPSA) is 38.7 Å². The lowest BCUT2D eigenvalue weighted by Crippen LogP contribution is -2.50. The Morgan fingerprint density at radius 1 is 1.41 bits per heavy atom. The summed E-state index contributed by atoms with van der Waals surface area (Å²) in [6, 6.07) is 7.86. The van der Waals surface area contributed by atoms with Crippen molar-refractivity contribution in [3.05, 3.63) is 35.4 Å². The van der Waals surface area contributed by atoms with Crippen molar-refractivity contribution in [2.24, 2.45) is 4.99 Å². The smallest absolute Gasteiger partial charge is 0.331 e. The van der Waals surface area contributed by atoms with E-state index in [2.05, 4.69) is 17.1 Å². The molecule has 17 heavy (non-hydrogen) atoms. The fourth-order valence-electron chi connectivity index (χ4n) is 2.60. The fraction of sp³-hybridized carbons (Fsp3) is 0.429. The first-order valence-corrected chi connectivity index (χ1v) is 5.99. The standard InChI is InChI=1S/C14H15NO2/c1-9-13(16)17-14(2)8-7-10-5-3-4-6-11(10)12(14)15-9/h3-6,9H,7-8H2,1-2H3/t9-,14+/m1/s1. The largest absolute Gasteiger partial charge is 0.451 e. The number of benzene rings is 1. The number of rotatable bonds is 0. The highest BCUT2D eigenvalue weighted by molar-refractivity contribution is 6.11. The van der Waals surface area contributed by atoms with Crippen molar-refractivity contribution in [2.75, 3.05) is 0 Å². The Morgan fingerprint density at radius 2 is 2.18 bits per heavy atom. The van der Waals surface area contributed by atoms with Gasteiger partial charge in [0.1, 0.15) is 6.04 Å². The summed E-state index contributed by atoms with van der Waals surface area (Å²) < 4.78 is 5.58. The molecule has 1 heterocycles. The molecule has 0 spiro atoms. The minimum Gasteiger partial charge on any atom is -0.451 e. The molecule has 0 aromatic heterocycles. The van der Waals surface area contributed by atoms with Gasteiger partial charge in [-0.15, -0.1) is 0 Å². The average molecular weight is 229 g/mol. The average Bonchev–Trinajstić information content (AvgIpc) is 2.32. The molecular weight excluding hydrogens is 214 g/mol. The van der Waals surface area contributed by atoms with Crippen LogP contribution in [0.3, 0.4) is 0 Å². The van der Waals surface area contributed by atoms with Crippen LogP contribution in [0.15, 0.2) is 29.3 Å². The van der Waals surface area contributed by atoms with E-state index in [1.165, 1.54) is 5.56 Å². The van der Waals surface area contributed by atoms with E-state index in [9.17, 15) is 4.79 Å². The maximum absolute atomic E-state index is 11.6. The Morgan fingerprint density at radius 3 is 3.00 bits per heavy atom. The molecule has 0 radical (unpaired) electrons. The summed E-state index contributed by atoms with van der Waals surface area (Å²) in [5.74, 6) is -0.212. The zero-order valence-corrected chi connectivity index (χ0v) is 10.1. The van der Waals surface area contributed by atoms with Crippen molar-refractivity contribution < 1.29 is 9.53 Å². The van der Waals surface area contributed by atoms with Crippen molar-refractivity contribution in [1.29, 1.82) is 0 Å². The molecule has 1 aliphatic carbocycles. The van der Waals surface area contributed by atoms with E-state index in [4.69, 9.17) is 4.74 Å². The van der Waals surface area contributed by atoms with Gasteiger partial charge in [0.15, 0.2) is 5.60 Å². The second kappa shape index (κ2) is 3.42. The Bertz CT molecular complexity index is 521. The molecule has 2 aliphatic rings. The molecule has 0 fully saturated rings. The van der Waals surface area contributed by atoms with Gasteiger partial charge in [0.05, 0.1) is 5.71 Å². The lowest BCUT2D eigenvalue weighted by Gasteiger charge is -2.39. The van der Waals surface area contributed by atoms with Gasteiger partial charge in [-0.05, 0) is 32.3 Å². The Balaban J connectivity index is 2.18. The molecule has 0 saturated carbocycles. The summed E-state index contributed by atoms with van der Waals surface area (Å²) >= 11 is 0. The monoisotopic (exact) mass is 229 g/mol. The number of aliphatic imine (C=N–C) groups is 1. The Kier molecular flexibility index (Phi) is 2.12. The fourth-order valence-corrected chi connectivity index (χ4v) is 2.60. The molecule has 0 saturated heterocycles. The summed E-state index contributed by atoms with van der Waals surface area (Å²) in [5, 5.41) is 0. The maximum Gasteiger partial charge on any atom is 0.331 e. The molecule has 1 aromatic rings. The van der Waals surface area contributed by atoms with Crippen molar-refractivity contribution in [3.8, 4) is 0 Å². The first-order chi connectivity index (χ1) is 8.10. The van der Waals surface area contributed by atoms with Crippen LogP contribution in [0.1, 0.15) is 31.4 Å². The Labute approximate surface area is 101 Å². The number of fused-ring (bicyclic) bond motifs is 3. The lowest BCUT2D eigenvalue weighted by atomic mass is 9.79. The van der Waals surface area contributed by atoms with Crippen LogP contribution in [0.4, 0.5) is 0 Å². The van der Waals surface area contributed by atoms with Gasteiger partial charge in [-0.1, -0.05) is 24.3 Å². The first-order valence-electron chi connectivity index (χ1n) is 5.99. The quantitative estimate of drug-likeness (QED) is 0.639. The van der Waals surface area contributed by atoms with Crippen LogP contribution >= 0.6 is 0 Å². The highest BCUT2D eigenvalue weighted by atomic mass is 16.6. The molecular formula is C14H15NO2. The number of nitrogens with zero attached hydrogens (tertiary/aromatic N) is 1. The van der Waals surface area contributed by atoms with Crippen molar-refractivity contribution in [3.63, 3.8) is 0 Å². The summed E-state index contributed by atoms with van der Waals surface area (Å²) in [4.78, 5) is 16.2. The van der Waals surface area contributed by atoms with E-state index in [1.54, 1.807) is 6.92 Å². The van der Waals surface area contributed by atoms with Crippen LogP contribution < -0.4 is 0 Å². The van der Waals surface area contributed by atoms with E-state index < -0.39 is 5.60 Å². The van der Waals surface area contributed by atoms with Gasteiger partial charge in [0.2, 0.25) is 0 Å². The number of esters is 1. The number of hydrogen-bond donors (Lipinski definition) is 0. The van der Waals surface area contributed by atoms with Gasteiger partial charge in [-0.25, -0.2) is 4.79 Å². The third-order valence-electron chi connectivity index (χ3n) is 3.63.